The summed E-state index contributed by atoms with van der Waals surface area (Å²) >= 11 is 1.58. The molecule has 1 aromatic carbocycles. The summed E-state index contributed by atoms with van der Waals surface area (Å²) in [7, 11) is -2.51. The maximum absolute atomic E-state index is 13.0. The number of benzene rings is 1. The minimum atomic E-state index is -3.93. The molecule has 0 saturated heterocycles. The molecule has 8 nitrogen and oxygen atoms in total. The van der Waals surface area contributed by atoms with Gasteiger partial charge in [-0.15, -0.1) is 0 Å². The van der Waals surface area contributed by atoms with Gasteiger partial charge in [0.2, 0.25) is 15.0 Å². The Bertz CT molecular complexity index is 1180. The molecular weight excluding hydrogens is 412 g/mol. The second kappa shape index (κ2) is 7.05. The van der Waals surface area contributed by atoms with Gasteiger partial charge in [-0.1, -0.05) is 11.3 Å². The molecule has 2 heterocycles. The fourth-order valence-electron chi connectivity index (χ4n) is 3.18. The third kappa shape index (κ3) is 3.77. The van der Waals surface area contributed by atoms with Gasteiger partial charge in [-0.05, 0) is 51.8 Å². The van der Waals surface area contributed by atoms with E-state index in [2.05, 4.69) is 9.71 Å². The van der Waals surface area contributed by atoms with Crippen molar-refractivity contribution >= 4 is 26.3 Å². The van der Waals surface area contributed by atoms with E-state index < -0.39 is 15.6 Å². The standard InChI is InChI=1S/C19H24N4O4S2/c1-11-16(23-18(20-11)28-17(21-23)12-5-6-12)13-7-8-14(27-4)15(9-13)29(25,26)22-19(2,3)10-24/h7-9,12,22,24H,5-6,10H2,1-4H3. The predicted molar refractivity (Wildman–Crippen MR) is 111 cm³/mol. The molecule has 29 heavy (non-hydrogen) atoms. The first kappa shape index (κ1) is 20.3. The lowest BCUT2D eigenvalue weighted by Crippen LogP contribution is -2.46. The van der Waals surface area contributed by atoms with E-state index >= 15 is 0 Å². The molecule has 0 spiro atoms. The molecular formula is C19H24N4O4S2. The van der Waals surface area contributed by atoms with Gasteiger partial charge in [-0.2, -0.15) is 5.10 Å². The summed E-state index contributed by atoms with van der Waals surface area (Å²) in [6, 6.07) is 5.01. The van der Waals surface area contributed by atoms with Crippen molar-refractivity contribution in [2.24, 2.45) is 0 Å². The van der Waals surface area contributed by atoms with Crippen molar-refractivity contribution in [1.29, 1.82) is 0 Å². The zero-order valence-corrected chi connectivity index (χ0v) is 18.4. The van der Waals surface area contributed by atoms with Crippen LogP contribution in [0.15, 0.2) is 23.1 Å². The van der Waals surface area contributed by atoms with Crippen molar-refractivity contribution in [2.75, 3.05) is 13.7 Å². The Morgan fingerprint density at radius 1 is 1.38 bits per heavy atom. The van der Waals surface area contributed by atoms with E-state index in [1.807, 2.05) is 13.0 Å². The first-order valence-corrected chi connectivity index (χ1v) is 11.6. The molecule has 1 fully saturated rings. The highest BCUT2D eigenvalue weighted by molar-refractivity contribution is 7.89. The van der Waals surface area contributed by atoms with Gasteiger partial charge in [-0.3, -0.25) is 0 Å². The Hall–Kier alpha value is -2.01. The van der Waals surface area contributed by atoms with Crippen LogP contribution in [-0.2, 0) is 10.0 Å². The van der Waals surface area contributed by atoms with Crippen molar-refractivity contribution in [1.82, 2.24) is 19.3 Å². The summed E-state index contributed by atoms with van der Waals surface area (Å²) in [5.41, 5.74) is 1.23. The average molecular weight is 437 g/mol. The van der Waals surface area contributed by atoms with Crippen molar-refractivity contribution in [3.05, 3.63) is 28.9 Å². The van der Waals surface area contributed by atoms with Crippen LogP contribution in [0.2, 0.25) is 0 Å². The summed E-state index contributed by atoms with van der Waals surface area (Å²) in [4.78, 5) is 5.43. The Morgan fingerprint density at radius 3 is 2.72 bits per heavy atom. The highest BCUT2D eigenvalue weighted by atomic mass is 32.2. The number of aliphatic hydroxyl groups is 1. The van der Waals surface area contributed by atoms with Gasteiger partial charge in [0.1, 0.15) is 15.7 Å². The molecule has 0 amide bonds. The third-order valence-electron chi connectivity index (χ3n) is 4.85. The number of rotatable bonds is 7. The van der Waals surface area contributed by atoms with Crippen molar-refractivity contribution < 1.29 is 18.3 Å². The zero-order valence-electron chi connectivity index (χ0n) is 16.8. The quantitative estimate of drug-likeness (QED) is 0.590. The fourth-order valence-corrected chi connectivity index (χ4v) is 5.89. The minimum absolute atomic E-state index is 0.00557. The van der Waals surface area contributed by atoms with E-state index in [-0.39, 0.29) is 17.3 Å². The number of hydrogen-bond donors (Lipinski definition) is 2. The number of ether oxygens (including phenoxy) is 1. The number of methoxy groups -OCH3 is 1. The number of aliphatic hydroxyl groups excluding tert-OH is 1. The van der Waals surface area contributed by atoms with Crippen LogP contribution in [0.5, 0.6) is 5.75 Å². The van der Waals surface area contributed by atoms with Crippen LogP contribution in [0.1, 0.15) is 43.3 Å². The van der Waals surface area contributed by atoms with E-state index in [1.165, 1.54) is 7.11 Å². The highest BCUT2D eigenvalue weighted by Gasteiger charge is 2.31. The van der Waals surface area contributed by atoms with Crippen LogP contribution in [0, 0.1) is 6.92 Å². The van der Waals surface area contributed by atoms with Gasteiger partial charge in [0.15, 0.2) is 0 Å². The maximum atomic E-state index is 13.0. The molecule has 2 aromatic heterocycles. The highest BCUT2D eigenvalue weighted by Crippen LogP contribution is 2.43. The molecule has 1 aliphatic rings. The Labute approximate surface area is 173 Å². The molecule has 3 aromatic rings. The van der Waals surface area contributed by atoms with Crippen LogP contribution in [-0.4, -0.2) is 47.4 Å². The van der Waals surface area contributed by atoms with Crippen LogP contribution >= 0.6 is 11.3 Å². The summed E-state index contributed by atoms with van der Waals surface area (Å²) in [6.07, 6.45) is 2.31. The predicted octanol–water partition coefficient (Wildman–Crippen LogP) is 2.70. The summed E-state index contributed by atoms with van der Waals surface area (Å²) in [5, 5.41) is 15.3. The molecule has 0 unspecified atom stereocenters. The van der Waals surface area contributed by atoms with Crippen molar-refractivity contribution in [3.8, 4) is 17.0 Å². The smallest absolute Gasteiger partial charge is 0.244 e. The molecule has 1 aliphatic carbocycles. The normalized spacial score (nSPS) is 15.2. The summed E-state index contributed by atoms with van der Waals surface area (Å²) in [5.74, 6) is 0.747. The first-order chi connectivity index (χ1) is 13.6. The molecule has 0 atom stereocenters. The van der Waals surface area contributed by atoms with E-state index in [1.54, 1.807) is 41.8 Å². The largest absolute Gasteiger partial charge is 0.495 e. The van der Waals surface area contributed by atoms with Gasteiger partial charge in [0.25, 0.3) is 0 Å². The van der Waals surface area contributed by atoms with Crippen LogP contribution < -0.4 is 9.46 Å². The average Bonchev–Trinajstić information content (AvgIpc) is 3.36. The number of sulfonamides is 1. The number of nitrogens with zero attached hydrogens (tertiary/aromatic N) is 3. The lowest BCUT2D eigenvalue weighted by Gasteiger charge is -2.24. The van der Waals surface area contributed by atoms with E-state index in [9.17, 15) is 13.5 Å². The number of nitrogens with one attached hydrogen (secondary N) is 1. The first-order valence-electron chi connectivity index (χ1n) is 9.34. The van der Waals surface area contributed by atoms with Crippen LogP contribution in [0.3, 0.4) is 0 Å². The van der Waals surface area contributed by atoms with Gasteiger partial charge in [0, 0.05) is 11.5 Å². The van der Waals surface area contributed by atoms with Crippen molar-refractivity contribution in [3.63, 3.8) is 0 Å². The maximum Gasteiger partial charge on any atom is 0.244 e. The fraction of sp³-hybridized carbons (Fsp3) is 0.474. The SMILES string of the molecule is COc1ccc(-c2c(C)nc3sc(C4CC4)nn23)cc1S(=O)(=O)NC(C)(C)CO. The number of fused-ring (bicyclic) bond motifs is 1. The monoisotopic (exact) mass is 436 g/mol. The summed E-state index contributed by atoms with van der Waals surface area (Å²) in [6.45, 7) is 4.78. The molecule has 0 aliphatic heterocycles. The minimum Gasteiger partial charge on any atom is -0.495 e. The second-order valence-electron chi connectivity index (χ2n) is 7.97. The van der Waals surface area contributed by atoms with Gasteiger partial charge < -0.3 is 9.84 Å². The van der Waals surface area contributed by atoms with Gasteiger partial charge in [-0.25, -0.2) is 22.6 Å². The molecule has 4 rings (SSSR count). The van der Waals surface area contributed by atoms with Crippen LogP contribution in [0.25, 0.3) is 16.2 Å². The molecule has 10 heteroatoms. The second-order valence-corrected chi connectivity index (χ2v) is 10.6. The molecule has 1 saturated carbocycles. The van der Waals surface area contributed by atoms with Crippen LogP contribution in [0.4, 0.5) is 0 Å². The molecule has 2 N–H and O–H groups in total. The molecule has 0 radical (unpaired) electrons. The lowest BCUT2D eigenvalue weighted by atomic mass is 10.1. The topological polar surface area (TPSA) is 106 Å². The number of aryl methyl sites for hydroxylation is 1. The van der Waals surface area contributed by atoms with Gasteiger partial charge >= 0.3 is 0 Å². The zero-order chi connectivity index (χ0) is 21.0. The number of hydrogen-bond acceptors (Lipinski definition) is 7. The van der Waals surface area contributed by atoms with Gasteiger partial charge in [0.05, 0.1) is 30.6 Å². The Kier molecular flexibility index (Phi) is 4.93. The number of imidazole rings is 1. The third-order valence-corrected chi connectivity index (χ3v) is 7.64. The Morgan fingerprint density at radius 2 is 2.10 bits per heavy atom. The molecule has 156 valence electrons. The lowest BCUT2D eigenvalue weighted by molar-refractivity contribution is 0.208. The van der Waals surface area contributed by atoms with E-state index in [4.69, 9.17) is 9.84 Å². The summed E-state index contributed by atoms with van der Waals surface area (Å²) < 4.78 is 35.7. The Balaban J connectivity index is 1.83. The van der Waals surface area contributed by atoms with E-state index in [0.29, 0.717) is 11.5 Å². The van der Waals surface area contributed by atoms with Crippen molar-refractivity contribution in [2.45, 2.75) is 50.0 Å². The number of aromatic nitrogens is 3. The molecule has 0 bridgehead atoms. The van der Waals surface area contributed by atoms with E-state index in [0.717, 1.165) is 34.2 Å².